The summed E-state index contributed by atoms with van der Waals surface area (Å²) in [5, 5.41) is 20.9. The highest BCUT2D eigenvalue weighted by atomic mass is 79.9. The number of halogens is 1. The number of fused-ring (bicyclic) bond motifs is 1. The molecule has 0 radical (unpaired) electrons. The van der Waals surface area contributed by atoms with Gasteiger partial charge in [0.05, 0.1) is 18.3 Å². The van der Waals surface area contributed by atoms with E-state index >= 15 is 0 Å². The first-order valence-corrected chi connectivity index (χ1v) is 11.9. The number of carboxylic acid groups (broad SMARTS) is 1. The van der Waals surface area contributed by atoms with Gasteiger partial charge in [-0.25, -0.2) is 9.48 Å². The molecule has 9 heteroatoms. The molecule has 0 saturated heterocycles. The Bertz CT molecular complexity index is 1230. The zero-order valence-electron chi connectivity index (χ0n) is 19.7. The number of amides is 2. The molecular weight excluding hydrogens is 498 g/mol. The molecule has 2 amide bonds. The molecule has 8 nitrogen and oxygen atoms in total. The lowest BCUT2D eigenvalue weighted by molar-refractivity contribution is 0.0759. The summed E-state index contributed by atoms with van der Waals surface area (Å²) in [5.74, 6) is -0.324. The number of carbonyl (C=O) groups is 2. The highest BCUT2D eigenvalue weighted by Crippen LogP contribution is 2.42. The highest BCUT2D eigenvalue weighted by Gasteiger charge is 2.38. The van der Waals surface area contributed by atoms with E-state index in [1.807, 2.05) is 70.2 Å². The summed E-state index contributed by atoms with van der Waals surface area (Å²) in [6.45, 7) is 8.89. The molecule has 178 valence electrons. The van der Waals surface area contributed by atoms with Gasteiger partial charge in [0.1, 0.15) is 0 Å². The molecule has 0 aliphatic carbocycles. The van der Waals surface area contributed by atoms with Gasteiger partial charge < -0.3 is 15.3 Å². The summed E-state index contributed by atoms with van der Waals surface area (Å²) < 4.78 is 2.71. The Hall–Kier alpha value is -3.20. The second-order valence-corrected chi connectivity index (χ2v) is 10.6. The lowest BCUT2D eigenvalue weighted by atomic mass is 9.77. The lowest BCUT2D eigenvalue weighted by Gasteiger charge is -2.43. The number of rotatable bonds is 4. The van der Waals surface area contributed by atoms with Crippen molar-refractivity contribution in [1.82, 2.24) is 19.9 Å². The first-order chi connectivity index (χ1) is 16.0. The van der Waals surface area contributed by atoms with Crippen molar-refractivity contribution < 1.29 is 14.7 Å². The van der Waals surface area contributed by atoms with E-state index in [-0.39, 0.29) is 23.1 Å². The third-order valence-electron chi connectivity index (χ3n) is 6.14. The molecule has 2 aromatic carbocycles. The van der Waals surface area contributed by atoms with E-state index in [1.54, 1.807) is 4.68 Å². The number of carbonyl (C=O) groups excluding carboxylic acids is 1. The summed E-state index contributed by atoms with van der Waals surface area (Å²) in [6.07, 6.45) is -0.315. The number of hydrogen-bond acceptors (Lipinski definition) is 4. The van der Waals surface area contributed by atoms with Gasteiger partial charge in [-0.05, 0) is 59.7 Å². The summed E-state index contributed by atoms with van der Waals surface area (Å²) in [5.41, 5.74) is 4.44. The summed E-state index contributed by atoms with van der Waals surface area (Å²) in [4.78, 5) is 26.3. The fourth-order valence-corrected chi connectivity index (χ4v) is 4.78. The molecule has 1 aliphatic rings. The van der Waals surface area contributed by atoms with Crippen LogP contribution < -0.4 is 5.32 Å². The molecule has 4 rings (SSSR count). The predicted octanol–water partition coefficient (Wildman–Crippen LogP) is 5.27. The molecule has 0 bridgehead atoms. The van der Waals surface area contributed by atoms with Crippen molar-refractivity contribution in [2.45, 2.75) is 46.7 Å². The second-order valence-electron chi connectivity index (χ2n) is 9.67. The van der Waals surface area contributed by atoms with Crippen LogP contribution in [0.15, 0.2) is 46.9 Å². The van der Waals surface area contributed by atoms with E-state index in [0.717, 1.165) is 21.2 Å². The van der Waals surface area contributed by atoms with Gasteiger partial charge in [0.25, 0.3) is 5.91 Å². The molecule has 0 fully saturated rings. The maximum Gasteiger partial charge on any atom is 0.407 e. The SMILES string of the molecule is Cc1c(C(=O)Nc2ccc3c(c2)CCN(C(=O)O)[C@H]3C(C)(C)C)nnn1Cc1ccc(Br)cc1. The minimum Gasteiger partial charge on any atom is -0.465 e. The van der Waals surface area contributed by atoms with Gasteiger partial charge in [-0.2, -0.15) is 0 Å². The van der Waals surface area contributed by atoms with Crippen LogP contribution in [0.1, 0.15) is 59.7 Å². The molecule has 34 heavy (non-hydrogen) atoms. The minimum absolute atomic E-state index is 0.251. The van der Waals surface area contributed by atoms with Crippen molar-refractivity contribution in [2.75, 3.05) is 11.9 Å². The van der Waals surface area contributed by atoms with Gasteiger partial charge in [-0.15, -0.1) is 5.10 Å². The molecule has 0 saturated carbocycles. The Morgan fingerprint density at radius 1 is 1.18 bits per heavy atom. The Balaban J connectivity index is 1.53. The fourth-order valence-electron chi connectivity index (χ4n) is 4.52. The maximum atomic E-state index is 13.0. The number of aromatic nitrogens is 3. The molecule has 0 spiro atoms. The average molecular weight is 526 g/mol. The van der Waals surface area contributed by atoms with E-state index < -0.39 is 6.09 Å². The van der Waals surface area contributed by atoms with Crippen LogP contribution in [0.2, 0.25) is 0 Å². The van der Waals surface area contributed by atoms with E-state index in [4.69, 9.17) is 0 Å². The molecule has 1 aromatic heterocycles. The van der Waals surface area contributed by atoms with Crippen LogP contribution in [0, 0.1) is 12.3 Å². The highest BCUT2D eigenvalue weighted by molar-refractivity contribution is 9.10. The van der Waals surface area contributed by atoms with Gasteiger partial charge in [0, 0.05) is 16.7 Å². The summed E-state index contributed by atoms with van der Waals surface area (Å²) in [6, 6.07) is 13.3. The number of benzene rings is 2. The topological polar surface area (TPSA) is 100 Å². The van der Waals surface area contributed by atoms with Crippen molar-refractivity contribution in [1.29, 1.82) is 0 Å². The van der Waals surface area contributed by atoms with E-state index in [9.17, 15) is 14.7 Å². The number of nitrogens with zero attached hydrogens (tertiary/aromatic N) is 4. The first kappa shape index (κ1) is 23.9. The van der Waals surface area contributed by atoms with Crippen LogP contribution in [0.25, 0.3) is 0 Å². The summed E-state index contributed by atoms with van der Waals surface area (Å²) >= 11 is 3.43. The van der Waals surface area contributed by atoms with Gasteiger partial charge in [0.15, 0.2) is 5.69 Å². The Morgan fingerprint density at radius 3 is 2.53 bits per heavy atom. The number of hydrogen-bond donors (Lipinski definition) is 2. The van der Waals surface area contributed by atoms with Crippen molar-refractivity contribution in [2.24, 2.45) is 5.41 Å². The Labute approximate surface area is 207 Å². The second kappa shape index (κ2) is 9.21. The Kier molecular flexibility index (Phi) is 6.49. The quantitative estimate of drug-likeness (QED) is 0.482. The first-order valence-electron chi connectivity index (χ1n) is 11.1. The third-order valence-corrected chi connectivity index (χ3v) is 6.67. The minimum atomic E-state index is -0.912. The van der Waals surface area contributed by atoms with Crippen molar-refractivity contribution in [3.63, 3.8) is 0 Å². The van der Waals surface area contributed by atoms with Crippen molar-refractivity contribution in [3.8, 4) is 0 Å². The van der Waals surface area contributed by atoms with Crippen LogP contribution in [-0.4, -0.2) is 43.5 Å². The third kappa shape index (κ3) is 4.84. The predicted molar refractivity (Wildman–Crippen MR) is 133 cm³/mol. The normalized spacial score (nSPS) is 15.7. The number of nitrogens with one attached hydrogen (secondary N) is 1. The van der Waals surface area contributed by atoms with E-state index in [0.29, 0.717) is 30.9 Å². The van der Waals surface area contributed by atoms with E-state index in [1.165, 1.54) is 4.90 Å². The Morgan fingerprint density at radius 2 is 1.88 bits per heavy atom. The lowest BCUT2D eigenvalue weighted by Crippen LogP contribution is -2.44. The van der Waals surface area contributed by atoms with Crippen LogP contribution in [0.4, 0.5) is 10.5 Å². The van der Waals surface area contributed by atoms with Gasteiger partial charge in [-0.3, -0.25) is 4.79 Å². The van der Waals surface area contributed by atoms with E-state index in [2.05, 4.69) is 31.6 Å². The molecule has 2 heterocycles. The molecular formula is C25H28BrN5O3. The van der Waals surface area contributed by atoms with Crippen LogP contribution in [0.3, 0.4) is 0 Å². The number of anilines is 1. The van der Waals surface area contributed by atoms with Gasteiger partial charge in [-0.1, -0.05) is 60.1 Å². The molecule has 1 atom stereocenters. The standard InChI is InChI=1S/C25H28BrN5O3/c1-15-21(28-29-31(15)14-16-5-7-18(26)8-6-16)23(32)27-19-9-10-20-17(13-19)11-12-30(24(33)34)22(20)25(2,3)4/h5-10,13,22H,11-12,14H2,1-4H3,(H,27,32)(H,33,34)/t22-/m1/s1. The smallest absolute Gasteiger partial charge is 0.407 e. The van der Waals surface area contributed by atoms with Gasteiger partial charge in [0.2, 0.25) is 0 Å². The maximum absolute atomic E-state index is 13.0. The fraction of sp³-hybridized carbons (Fsp3) is 0.360. The van der Waals surface area contributed by atoms with Crippen molar-refractivity contribution >= 4 is 33.6 Å². The summed E-state index contributed by atoms with van der Waals surface area (Å²) in [7, 11) is 0. The van der Waals surface area contributed by atoms with Crippen LogP contribution >= 0.6 is 15.9 Å². The molecule has 1 aliphatic heterocycles. The monoisotopic (exact) mass is 525 g/mol. The average Bonchev–Trinajstić information content (AvgIpc) is 3.13. The molecule has 0 unspecified atom stereocenters. The van der Waals surface area contributed by atoms with Gasteiger partial charge >= 0.3 is 6.09 Å². The largest absolute Gasteiger partial charge is 0.465 e. The molecule has 3 aromatic rings. The van der Waals surface area contributed by atoms with Crippen LogP contribution in [-0.2, 0) is 13.0 Å². The van der Waals surface area contributed by atoms with Crippen LogP contribution in [0.5, 0.6) is 0 Å². The zero-order valence-corrected chi connectivity index (χ0v) is 21.3. The van der Waals surface area contributed by atoms with Crippen molar-refractivity contribution in [3.05, 3.63) is 75.0 Å². The zero-order chi connectivity index (χ0) is 24.6. The molecule has 2 N–H and O–H groups in total.